The number of nitrogens with one attached hydrogen (secondary N) is 1. The van der Waals surface area contributed by atoms with Crippen LogP contribution in [0.2, 0.25) is 0 Å². The Labute approximate surface area is 122 Å². The summed E-state index contributed by atoms with van der Waals surface area (Å²) in [7, 11) is 0. The van der Waals surface area contributed by atoms with Gasteiger partial charge in [-0.25, -0.2) is 13.6 Å². The number of anilines is 1. The lowest BCUT2D eigenvalue weighted by atomic mass is 10.3. The summed E-state index contributed by atoms with van der Waals surface area (Å²) in [5.74, 6) is -3.24. The summed E-state index contributed by atoms with van der Waals surface area (Å²) in [6.07, 6.45) is 0. The number of fused-ring (bicyclic) bond motifs is 1. The van der Waals surface area contributed by atoms with Crippen molar-refractivity contribution in [3.05, 3.63) is 64.6 Å². The molecule has 22 heavy (non-hydrogen) atoms. The second-order valence-electron chi connectivity index (χ2n) is 4.57. The highest BCUT2D eigenvalue weighted by Gasteiger charge is 2.15. The summed E-state index contributed by atoms with van der Waals surface area (Å²) in [4.78, 5) is 23.7. The van der Waals surface area contributed by atoms with Gasteiger partial charge in [-0.3, -0.25) is 9.36 Å². The zero-order valence-corrected chi connectivity index (χ0v) is 11.2. The molecule has 0 atom stereocenters. The lowest BCUT2D eigenvalue weighted by Crippen LogP contribution is -2.25. The number of nitrogens with zero attached hydrogens (tertiary/aromatic N) is 1. The number of amides is 1. The molecule has 0 aliphatic rings. The Morgan fingerprint density at radius 1 is 1.09 bits per heavy atom. The third-order valence-electron chi connectivity index (χ3n) is 3.10. The first-order valence-electron chi connectivity index (χ1n) is 6.38. The molecule has 1 aromatic heterocycles. The molecule has 1 heterocycles. The van der Waals surface area contributed by atoms with E-state index >= 15 is 0 Å². The Kier molecular flexibility index (Phi) is 3.46. The zero-order valence-electron chi connectivity index (χ0n) is 11.2. The van der Waals surface area contributed by atoms with E-state index in [-0.39, 0.29) is 0 Å². The molecule has 0 saturated carbocycles. The number of carbonyl (C=O) groups is 1. The van der Waals surface area contributed by atoms with Gasteiger partial charge in [0.1, 0.15) is 23.9 Å². The number of carbonyl (C=O) groups excluding carboxylic acids is 1. The summed E-state index contributed by atoms with van der Waals surface area (Å²) < 4.78 is 33.0. The highest BCUT2D eigenvalue weighted by atomic mass is 19.1. The van der Waals surface area contributed by atoms with Gasteiger partial charge in [-0.15, -0.1) is 0 Å². The molecule has 0 fully saturated rings. The lowest BCUT2D eigenvalue weighted by Gasteiger charge is -2.07. The standard InChI is InChI=1S/C15H10F2N2O3/c16-9-4-3-5-10(17)14(9)18-13(20)8-19-11-6-1-2-7-12(11)22-15(19)21/h1-7H,8H2,(H,18,20). The molecular weight excluding hydrogens is 294 g/mol. The highest BCUT2D eigenvalue weighted by Crippen LogP contribution is 2.18. The molecule has 0 bridgehead atoms. The zero-order chi connectivity index (χ0) is 15.7. The molecule has 3 rings (SSSR count). The first-order valence-corrected chi connectivity index (χ1v) is 6.38. The van der Waals surface area contributed by atoms with Crippen LogP contribution in [0.3, 0.4) is 0 Å². The average Bonchev–Trinajstić information content (AvgIpc) is 2.79. The van der Waals surface area contributed by atoms with E-state index in [1.54, 1.807) is 24.3 Å². The summed E-state index contributed by atoms with van der Waals surface area (Å²) in [5.41, 5.74) is 0.211. The van der Waals surface area contributed by atoms with Gasteiger partial charge in [0.2, 0.25) is 5.91 Å². The molecule has 1 amide bonds. The van der Waals surface area contributed by atoms with Crippen LogP contribution in [0.5, 0.6) is 0 Å². The van der Waals surface area contributed by atoms with Crippen molar-refractivity contribution >= 4 is 22.7 Å². The Morgan fingerprint density at radius 3 is 2.50 bits per heavy atom. The molecule has 0 saturated heterocycles. The first-order chi connectivity index (χ1) is 10.6. The smallest absolute Gasteiger partial charge is 0.408 e. The van der Waals surface area contributed by atoms with Gasteiger partial charge in [0.15, 0.2) is 5.58 Å². The fourth-order valence-electron chi connectivity index (χ4n) is 2.10. The Balaban J connectivity index is 1.88. The molecule has 5 nitrogen and oxygen atoms in total. The molecule has 0 radical (unpaired) electrons. The highest BCUT2D eigenvalue weighted by molar-refractivity contribution is 5.91. The van der Waals surface area contributed by atoms with E-state index in [4.69, 9.17) is 4.42 Å². The Morgan fingerprint density at radius 2 is 1.77 bits per heavy atom. The molecule has 3 aromatic rings. The number of hydrogen-bond donors (Lipinski definition) is 1. The van der Waals surface area contributed by atoms with Gasteiger partial charge < -0.3 is 9.73 Å². The number of halogens is 2. The van der Waals surface area contributed by atoms with Crippen LogP contribution in [0.15, 0.2) is 51.7 Å². The minimum Gasteiger partial charge on any atom is -0.408 e. The summed E-state index contributed by atoms with van der Waals surface area (Å²) in [6, 6.07) is 9.80. The van der Waals surface area contributed by atoms with Gasteiger partial charge in [-0.1, -0.05) is 18.2 Å². The fraction of sp³-hybridized carbons (Fsp3) is 0.0667. The summed E-state index contributed by atoms with van der Waals surface area (Å²) in [6.45, 7) is -0.413. The van der Waals surface area contributed by atoms with Gasteiger partial charge >= 0.3 is 5.76 Å². The van der Waals surface area contributed by atoms with E-state index < -0.39 is 35.5 Å². The van der Waals surface area contributed by atoms with Gasteiger partial charge in [0.25, 0.3) is 0 Å². The van der Waals surface area contributed by atoms with Crippen LogP contribution in [0.4, 0.5) is 14.5 Å². The molecule has 2 aromatic carbocycles. The quantitative estimate of drug-likeness (QED) is 0.808. The van der Waals surface area contributed by atoms with E-state index in [1.807, 2.05) is 0 Å². The van der Waals surface area contributed by atoms with Gasteiger partial charge in [0.05, 0.1) is 5.52 Å². The second-order valence-corrected chi connectivity index (χ2v) is 4.57. The number of oxazole rings is 1. The van der Waals surface area contributed by atoms with Crippen molar-refractivity contribution < 1.29 is 18.0 Å². The van der Waals surface area contributed by atoms with Crippen LogP contribution in [-0.4, -0.2) is 10.5 Å². The van der Waals surface area contributed by atoms with Gasteiger partial charge in [-0.2, -0.15) is 0 Å². The summed E-state index contributed by atoms with van der Waals surface area (Å²) in [5, 5.41) is 2.12. The topological polar surface area (TPSA) is 64.2 Å². The number of benzene rings is 2. The minimum absolute atomic E-state index is 0.331. The predicted octanol–water partition coefficient (Wildman–Crippen LogP) is 2.51. The van der Waals surface area contributed by atoms with Crippen molar-refractivity contribution in [2.24, 2.45) is 0 Å². The number of hydrogen-bond acceptors (Lipinski definition) is 3. The molecular formula is C15H10F2N2O3. The molecule has 0 unspecified atom stereocenters. The molecule has 7 heteroatoms. The van der Waals surface area contributed by atoms with Crippen LogP contribution in [0, 0.1) is 11.6 Å². The average molecular weight is 304 g/mol. The minimum atomic E-state index is -0.891. The maximum absolute atomic E-state index is 13.5. The second kappa shape index (κ2) is 5.44. The van der Waals surface area contributed by atoms with Crippen molar-refractivity contribution in [2.45, 2.75) is 6.54 Å². The van der Waals surface area contributed by atoms with Crippen molar-refractivity contribution in [2.75, 3.05) is 5.32 Å². The largest absolute Gasteiger partial charge is 0.420 e. The predicted molar refractivity (Wildman–Crippen MR) is 75.5 cm³/mol. The SMILES string of the molecule is O=C(Cn1c(=O)oc2ccccc21)Nc1c(F)cccc1F. The number of rotatable bonds is 3. The van der Waals surface area contributed by atoms with Crippen molar-refractivity contribution in [3.8, 4) is 0 Å². The van der Waals surface area contributed by atoms with E-state index in [0.717, 1.165) is 16.7 Å². The molecule has 0 spiro atoms. The van der Waals surface area contributed by atoms with Gasteiger partial charge in [0, 0.05) is 0 Å². The first kappa shape index (κ1) is 14.0. The summed E-state index contributed by atoms with van der Waals surface area (Å²) >= 11 is 0. The monoisotopic (exact) mass is 304 g/mol. The molecule has 0 aliphatic heterocycles. The van der Waals surface area contributed by atoms with E-state index in [0.29, 0.717) is 11.1 Å². The molecule has 1 N–H and O–H groups in total. The van der Waals surface area contributed by atoms with Crippen LogP contribution in [0.25, 0.3) is 11.1 Å². The Bertz CT molecular complexity index is 894. The molecule has 0 aliphatic carbocycles. The maximum atomic E-state index is 13.5. The fourth-order valence-corrected chi connectivity index (χ4v) is 2.10. The van der Waals surface area contributed by atoms with Gasteiger partial charge in [-0.05, 0) is 24.3 Å². The van der Waals surface area contributed by atoms with Crippen molar-refractivity contribution in [1.29, 1.82) is 0 Å². The van der Waals surface area contributed by atoms with Crippen molar-refractivity contribution in [1.82, 2.24) is 4.57 Å². The van der Waals surface area contributed by atoms with Crippen LogP contribution >= 0.6 is 0 Å². The van der Waals surface area contributed by atoms with Crippen LogP contribution < -0.4 is 11.1 Å². The van der Waals surface area contributed by atoms with Crippen molar-refractivity contribution in [3.63, 3.8) is 0 Å². The van der Waals surface area contributed by atoms with E-state index in [9.17, 15) is 18.4 Å². The molecule has 112 valence electrons. The number of para-hydroxylation sites is 3. The normalized spacial score (nSPS) is 10.8. The van der Waals surface area contributed by atoms with Crippen LogP contribution in [-0.2, 0) is 11.3 Å². The van der Waals surface area contributed by atoms with E-state index in [1.165, 1.54) is 6.07 Å². The third-order valence-corrected chi connectivity index (χ3v) is 3.10. The van der Waals surface area contributed by atoms with Crippen LogP contribution in [0.1, 0.15) is 0 Å². The third kappa shape index (κ3) is 2.48. The maximum Gasteiger partial charge on any atom is 0.420 e. The lowest BCUT2D eigenvalue weighted by molar-refractivity contribution is -0.116. The number of aromatic nitrogens is 1. The van der Waals surface area contributed by atoms with E-state index in [2.05, 4.69) is 5.32 Å². The Hall–Kier alpha value is -2.96.